The van der Waals surface area contributed by atoms with E-state index in [0.29, 0.717) is 31.2 Å². The summed E-state index contributed by atoms with van der Waals surface area (Å²) in [5.74, 6) is 0. The number of hydrogen-bond donors (Lipinski definition) is 1. The Hall–Kier alpha value is -0.660. The van der Waals surface area contributed by atoms with Gasteiger partial charge in [-0.3, -0.25) is 4.90 Å². The standard InChI is InChI=1S/C14H22ClN3O2S/c1-14(2)10-18(7-6-17(14)3)21(19,20)12-5-4-11(9-16)13(15)8-12/h4-5,8H,6-7,9-10,16H2,1-3H3. The summed E-state index contributed by atoms with van der Waals surface area (Å²) in [6.07, 6.45) is 0. The number of sulfonamides is 1. The predicted octanol–water partition coefficient (Wildman–Crippen LogP) is 1.51. The molecule has 1 aromatic rings. The lowest BCUT2D eigenvalue weighted by atomic mass is 10.0. The van der Waals surface area contributed by atoms with Crippen LogP contribution in [0, 0.1) is 0 Å². The number of rotatable bonds is 3. The van der Waals surface area contributed by atoms with Crippen LogP contribution in [-0.4, -0.2) is 49.8 Å². The Bertz CT molecular complexity index is 631. The summed E-state index contributed by atoms with van der Waals surface area (Å²) in [5, 5.41) is 0.395. The number of nitrogens with two attached hydrogens (primary N) is 1. The monoisotopic (exact) mass is 331 g/mol. The molecule has 2 N–H and O–H groups in total. The summed E-state index contributed by atoms with van der Waals surface area (Å²) in [4.78, 5) is 2.40. The van der Waals surface area contributed by atoms with Gasteiger partial charge in [-0.05, 0) is 38.6 Å². The summed E-state index contributed by atoms with van der Waals surface area (Å²) in [6.45, 7) is 6.03. The average Bonchev–Trinajstić information content (AvgIpc) is 2.41. The van der Waals surface area contributed by atoms with Crippen molar-refractivity contribution in [3.8, 4) is 0 Å². The lowest BCUT2D eigenvalue weighted by Crippen LogP contribution is -2.58. The van der Waals surface area contributed by atoms with Gasteiger partial charge < -0.3 is 5.73 Å². The van der Waals surface area contributed by atoms with Gasteiger partial charge in [-0.1, -0.05) is 17.7 Å². The molecule has 1 aromatic carbocycles. The third-order valence-electron chi connectivity index (χ3n) is 4.16. The fraction of sp³-hybridized carbons (Fsp3) is 0.571. The van der Waals surface area contributed by atoms with Crippen molar-refractivity contribution in [1.29, 1.82) is 0 Å². The zero-order chi connectivity index (χ0) is 15.8. The first-order valence-corrected chi connectivity index (χ1v) is 8.70. The van der Waals surface area contributed by atoms with E-state index in [0.717, 1.165) is 5.56 Å². The van der Waals surface area contributed by atoms with Gasteiger partial charge in [0.25, 0.3) is 0 Å². The normalized spacial score (nSPS) is 20.6. The van der Waals surface area contributed by atoms with Crippen molar-refractivity contribution in [2.75, 3.05) is 26.7 Å². The predicted molar refractivity (Wildman–Crippen MR) is 84.8 cm³/mol. The average molecular weight is 332 g/mol. The van der Waals surface area contributed by atoms with Gasteiger partial charge in [0, 0.05) is 36.7 Å². The van der Waals surface area contributed by atoms with Crippen LogP contribution in [0.25, 0.3) is 0 Å². The van der Waals surface area contributed by atoms with Crippen molar-refractivity contribution in [2.24, 2.45) is 5.73 Å². The number of piperazine rings is 1. The first-order valence-electron chi connectivity index (χ1n) is 6.88. The molecule has 0 amide bonds. The third kappa shape index (κ3) is 3.24. The van der Waals surface area contributed by atoms with Crippen molar-refractivity contribution in [2.45, 2.75) is 30.8 Å². The van der Waals surface area contributed by atoms with Crippen molar-refractivity contribution < 1.29 is 8.42 Å². The highest BCUT2D eigenvalue weighted by Gasteiger charge is 2.37. The Morgan fingerprint density at radius 3 is 2.52 bits per heavy atom. The van der Waals surface area contributed by atoms with Gasteiger partial charge >= 0.3 is 0 Å². The van der Waals surface area contributed by atoms with Crippen LogP contribution in [0.15, 0.2) is 23.1 Å². The topological polar surface area (TPSA) is 66.6 Å². The van der Waals surface area contributed by atoms with E-state index in [1.807, 2.05) is 20.9 Å². The van der Waals surface area contributed by atoms with Crippen LogP contribution < -0.4 is 5.73 Å². The number of nitrogens with zero attached hydrogens (tertiary/aromatic N) is 2. The van der Waals surface area contributed by atoms with E-state index >= 15 is 0 Å². The van der Waals surface area contributed by atoms with Gasteiger partial charge in [0.1, 0.15) is 0 Å². The van der Waals surface area contributed by atoms with E-state index in [2.05, 4.69) is 4.90 Å². The van der Waals surface area contributed by atoms with Crippen LogP contribution in [0.3, 0.4) is 0 Å². The van der Waals surface area contributed by atoms with Gasteiger partial charge in [-0.15, -0.1) is 0 Å². The van der Waals surface area contributed by atoms with Crippen molar-refractivity contribution in [3.05, 3.63) is 28.8 Å². The molecule has 0 bridgehead atoms. The first-order chi connectivity index (χ1) is 9.68. The van der Waals surface area contributed by atoms with Gasteiger partial charge in [0.05, 0.1) is 4.90 Å². The molecule has 5 nitrogen and oxygen atoms in total. The summed E-state index contributed by atoms with van der Waals surface area (Å²) >= 11 is 6.08. The summed E-state index contributed by atoms with van der Waals surface area (Å²) in [7, 11) is -1.51. The maximum atomic E-state index is 12.8. The number of benzene rings is 1. The highest BCUT2D eigenvalue weighted by molar-refractivity contribution is 7.89. The van der Waals surface area contributed by atoms with E-state index in [1.165, 1.54) is 10.4 Å². The molecule has 0 saturated carbocycles. The summed E-state index contributed by atoms with van der Waals surface area (Å²) in [6, 6.07) is 4.75. The van der Waals surface area contributed by atoms with Gasteiger partial charge in [-0.2, -0.15) is 4.31 Å². The molecule has 0 spiro atoms. The van der Waals surface area contributed by atoms with Gasteiger partial charge in [0.15, 0.2) is 0 Å². The van der Waals surface area contributed by atoms with Crippen LogP contribution in [-0.2, 0) is 16.6 Å². The van der Waals surface area contributed by atoms with Crippen LogP contribution in [0.1, 0.15) is 19.4 Å². The number of halogens is 1. The Labute approximate surface area is 131 Å². The van der Waals surface area contributed by atoms with Gasteiger partial charge in [0.2, 0.25) is 10.0 Å². The first kappa shape index (κ1) is 16.7. The Morgan fingerprint density at radius 2 is 2.00 bits per heavy atom. The Balaban J connectivity index is 2.32. The van der Waals surface area contributed by atoms with Crippen molar-refractivity contribution in [1.82, 2.24) is 9.21 Å². The molecule has 0 atom stereocenters. The Morgan fingerprint density at radius 1 is 1.33 bits per heavy atom. The van der Waals surface area contributed by atoms with Crippen LogP contribution in [0.4, 0.5) is 0 Å². The lowest BCUT2D eigenvalue weighted by Gasteiger charge is -2.44. The minimum absolute atomic E-state index is 0.188. The molecule has 0 unspecified atom stereocenters. The fourth-order valence-corrected chi connectivity index (χ4v) is 4.34. The van der Waals surface area contributed by atoms with Crippen LogP contribution >= 0.6 is 11.6 Å². The maximum absolute atomic E-state index is 12.8. The zero-order valence-corrected chi connectivity index (χ0v) is 14.2. The minimum atomic E-state index is -3.52. The maximum Gasteiger partial charge on any atom is 0.243 e. The number of hydrogen-bond acceptors (Lipinski definition) is 4. The molecule has 21 heavy (non-hydrogen) atoms. The number of likely N-dealkylation sites (N-methyl/N-ethyl adjacent to an activating group) is 1. The molecule has 1 heterocycles. The zero-order valence-electron chi connectivity index (χ0n) is 12.6. The smallest absolute Gasteiger partial charge is 0.243 e. The molecule has 7 heteroatoms. The molecular weight excluding hydrogens is 310 g/mol. The molecular formula is C14H22ClN3O2S. The third-order valence-corrected chi connectivity index (χ3v) is 6.36. The second-order valence-electron chi connectivity index (χ2n) is 6.03. The highest BCUT2D eigenvalue weighted by Crippen LogP contribution is 2.27. The quantitative estimate of drug-likeness (QED) is 0.911. The van der Waals surface area contributed by atoms with E-state index in [4.69, 9.17) is 17.3 Å². The molecule has 2 rings (SSSR count). The lowest BCUT2D eigenvalue weighted by molar-refractivity contribution is 0.0801. The van der Waals surface area contributed by atoms with Crippen LogP contribution in [0.5, 0.6) is 0 Å². The molecule has 1 saturated heterocycles. The summed E-state index contributed by atoms with van der Waals surface area (Å²) in [5.41, 5.74) is 6.11. The SMILES string of the molecule is CN1CCN(S(=O)(=O)c2ccc(CN)c(Cl)c2)CC1(C)C. The van der Waals surface area contributed by atoms with Crippen molar-refractivity contribution >= 4 is 21.6 Å². The molecule has 118 valence electrons. The van der Waals surface area contributed by atoms with Crippen LogP contribution in [0.2, 0.25) is 5.02 Å². The van der Waals surface area contributed by atoms with Crippen molar-refractivity contribution in [3.63, 3.8) is 0 Å². The molecule has 1 fully saturated rings. The molecule has 0 aliphatic carbocycles. The van der Waals surface area contributed by atoms with E-state index in [-0.39, 0.29) is 10.4 Å². The van der Waals surface area contributed by atoms with E-state index in [9.17, 15) is 8.42 Å². The fourth-order valence-electron chi connectivity index (χ4n) is 2.40. The van der Waals surface area contributed by atoms with E-state index in [1.54, 1.807) is 12.1 Å². The molecule has 0 radical (unpaired) electrons. The molecule has 1 aliphatic heterocycles. The largest absolute Gasteiger partial charge is 0.326 e. The summed E-state index contributed by atoms with van der Waals surface area (Å²) < 4.78 is 27.0. The second-order valence-corrected chi connectivity index (χ2v) is 8.38. The molecule has 0 aromatic heterocycles. The second kappa shape index (κ2) is 5.85. The van der Waals surface area contributed by atoms with E-state index < -0.39 is 10.0 Å². The minimum Gasteiger partial charge on any atom is -0.326 e. The molecule has 1 aliphatic rings. The van der Waals surface area contributed by atoms with Gasteiger partial charge in [-0.25, -0.2) is 8.42 Å². The Kier molecular flexibility index (Phi) is 4.66. The highest BCUT2D eigenvalue weighted by atomic mass is 35.5.